The highest BCUT2D eigenvalue weighted by atomic mass is 16.5. The lowest BCUT2D eigenvalue weighted by molar-refractivity contribution is 0.486. The molecule has 3 nitrogen and oxygen atoms in total. The van der Waals surface area contributed by atoms with Crippen LogP contribution in [0.5, 0.6) is 11.5 Å². The second-order valence-electron chi connectivity index (χ2n) is 21.6. The van der Waals surface area contributed by atoms with Crippen molar-refractivity contribution in [3.05, 3.63) is 209 Å². The summed E-state index contributed by atoms with van der Waals surface area (Å²) in [7, 11) is 0. The van der Waals surface area contributed by atoms with Crippen LogP contribution in [0.2, 0.25) is 0 Å². The molecule has 4 heterocycles. The first kappa shape index (κ1) is 37.6. The van der Waals surface area contributed by atoms with E-state index in [0.29, 0.717) is 0 Å². The number of hydrogen-bond donors (Lipinski definition) is 0. The number of benzene rings is 9. The van der Waals surface area contributed by atoms with E-state index in [2.05, 4.69) is 227 Å². The van der Waals surface area contributed by atoms with Crippen molar-refractivity contribution in [2.75, 3.05) is 0 Å². The molecule has 0 saturated carbocycles. The third-order valence-electron chi connectivity index (χ3n) is 16.1. The Morgan fingerprint density at radius 1 is 0.433 bits per heavy atom. The monoisotopic (exact) mass is 858 g/mol. The van der Waals surface area contributed by atoms with E-state index in [0.717, 1.165) is 11.5 Å². The molecule has 2 aliphatic carbocycles. The molecule has 4 aliphatic rings. The summed E-state index contributed by atoms with van der Waals surface area (Å²) < 4.78 is 12.4. The van der Waals surface area contributed by atoms with Gasteiger partial charge in [-0.1, -0.05) is 175 Å². The van der Waals surface area contributed by atoms with Gasteiger partial charge in [0.1, 0.15) is 11.5 Å². The van der Waals surface area contributed by atoms with E-state index in [9.17, 15) is 0 Å². The average Bonchev–Trinajstić information content (AvgIpc) is 4.04. The number of nitrogens with zero attached hydrogens (tertiary/aromatic N) is 2. The van der Waals surface area contributed by atoms with Gasteiger partial charge in [0.25, 0.3) is 6.71 Å². The molecule has 0 amide bonds. The van der Waals surface area contributed by atoms with Crippen LogP contribution < -0.4 is 21.1 Å². The second kappa shape index (κ2) is 12.5. The summed E-state index contributed by atoms with van der Waals surface area (Å²) >= 11 is 0. The fraction of sp³-hybridized carbons (Fsp3) is 0.143. The van der Waals surface area contributed by atoms with Crippen molar-refractivity contribution < 1.29 is 4.74 Å². The molecule has 0 radical (unpaired) electrons. The summed E-state index contributed by atoms with van der Waals surface area (Å²) in [6.07, 6.45) is 0. The number of hydrogen-bond acceptors (Lipinski definition) is 1. The Kier molecular flexibility index (Phi) is 7.00. The van der Waals surface area contributed by atoms with E-state index in [-0.39, 0.29) is 17.5 Å². The highest BCUT2D eigenvalue weighted by molar-refractivity contribution is 6.99. The van der Waals surface area contributed by atoms with Crippen LogP contribution >= 0.6 is 0 Å². The number of rotatable bonds is 1. The molecule has 2 aliphatic heterocycles. The van der Waals surface area contributed by atoms with Crippen LogP contribution in [-0.2, 0) is 16.2 Å². The molecule has 67 heavy (non-hydrogen) atoms. The zero-order chi connectivity index (χ0) is 44.9. The lowest BCUT2D eigenvalue weighted by Gasteiger charge is -2.35. The molecular weight excluding hydrogens is 812 g/mol. The minimum Gasteiger partial charge on any atom is -0.458 e. The van der Waals surface area contributed by atoms with Crippen molar-refractivity contribution in [1.82, 2.24) is 9.13 Å². The van der Waals surface area contributed by atoms with Crippen LogP contribution in [0.15, 0.2) is 176 Å². The van der Waals surface area contributed by atoms with E-state index in [1.165, 1.54) is 127 Å². The van der Waals surface area contributed by atoms with E-state index >= 15 is 0 Å². The van der Waals surface area contributed by atoms with Crippen molar-refractivity contribution in [3.8, 4) is 45.1 Å². The van der Waals surface area contributed by atoms with Gasteiger partial charge in [-0.05, 0) is 125 Å². The Morgan fingerprint density at radius 3 is 1.73 bits per heavy atom. The molecule has 0 unspecified atom stereocenters. The summed E-state index contributed by atoms with van der Waals surface area (Å²) in [5, 5.41) is 5.10. The Morgan fingerprint density at radius 2 is 1.04 bits per heavy atom. The van der Waals surface area contributed by atoms with Crippen LogP contribution in [0, 0.1) is 0 Å². The summed E-state index contributed by atoms with van der Waals surface area (Å²) in [5.41, 5.74) is 23.9. The van der Waals surface area contributed by atoms with E-state index in [1.807, 2.05) is 0 Å². The summed E-state index contributed by atoms with van der Waals surface area (Å²) in [5.74, 6) is 1.88. The molecule has 11 aromatic rings. The van der Waals surface area contributed by atoms with Crippen LogP contribution in [0.4, 0.5) is 0 Å². The van der Waals surface area contributed by atoms with Crippen LogP contribution in [0.25, 0.3) is 77.2 Å². The fourth-order valence-corrected chi connectivity index (χ4v) is 13.1. The first-order valence-electron chi connectivity index (χ1n) is 24.0. The molecule has 0 atom stereocenters. The van der Waals surface area contributed by atoms with Gasteiger partial charge in [0.15, 0.2) is 0 Å². The lowest BCUT2D eigenvalue weighted by Crippen LogP contribution is -2.58. The summed E-state index contributed by atoms with van der Waals surface area (Å²) in [4.78, 5) is 0. The van der Waals surface area contributed by atoms with Gasteiger partial charge in [-0.2, -0.15) is 0 Å². The molecule has 0 fully saturated rings. The smallest absolute Gasteiger partial charge is 0.256 e. The largest absolute Gasteiger partial charge is 0.458 e. The number of ether oxygens (including phenoxy) is 1. The Hall–Kier alpha value is -7.56. The standard InChI is InChI=1S/C63H47BN2O/c1-61(2,3)36-31-37(62(4,5)6)33-38(32-36)65-52-26-14-10-20-42(52)43-29-30-53-57(60(43)65)44-21-15-25-50-59(44)66(53)54-27-16-28-55-58(54)64(50)51-34-45-41-19-9-13-24-48(41)63(49(45)35-56(51)67-55)46-22-11-7-17-39(46)40-18-8-12-23-47(40)63/h7-35H,1-6H3. The van der Waals surface area contributed by atoms with Gasteiger partial charge in [0, 0.05) is 38.4 Å². The SMILES string of the molecule is CC(C)(C)c1cc(-n2c3ccccc3c3ccc4c(c5cccc6c5n4-c4cccc5c4B6c4cc6c(cc4O5)C4(c5ccccc5-c5ccccc54)c4ccccc4-6)c32)cc(C(C)(C)C)c1. The number of para-hydroxylation sites is 2. The van der Waals surface area contributed by atoms with Crippen LogP contribution in [-0.4, -0.2) is 15.8 Å². The molecule has 9 aromatic carbocycles. The molecule has 0 saturated heterocycles. The fourth-order valence-electron chi connectivity index (χ4n) is 13.1. The minimum absolute atomic E-state index is 0.0215. The highest BCUT2D eigenvalue weighted by Crippen LogP contribution is 2.63. The lowest BCUT2D eigenvalue weighted by atomic mass is 9.34. The van der Waals surface area contributed by atoms with Crippen molar-refractivity contribution >= 4 is 66.7 Å². The van der Waals surface area contributed by atoms with Gasteiger partial charge < -0.3 is 13.9 Å². The number of aromatic nitrogens is 2. The molecule has 4 heteroatoms. The second-order valence-corrected chi connectivity index (χ2v) is 21.6. The maximum atomic E-state index is 7.27. The van der Waals surface area contributed by atoms with E-state index in [1.54, 1.807) is 0 Å². The van der Waals surface area contributed by atoms with Gasteiger partial charge in [-0.3, -0.25) is 0 Å². The zero-order valence-corrected chi connectivity index (χ0v) is 38.6. The summed E-state index contributed by atoms with van der Waals surface area (Å²) in [6, 6.07) is 67.0. The average molecular weight is 859 g/mol. The molecule has 1 spiro atoms. The van der Waals surface area contributed by atoms with Gasteiger partial charge in [0.2, 0.25) is 0 Å². The van der Waals surface area contributed by atoms with E-state index in [4.69, 9.17) is 4.74 Å². The van der Waals surface area contributed by atoms with E-state index < -0.39 is 5.41 Å². The van der Waals surface area contributed by atoms with Crippen molar-refractivity contribution in [2.24, 2.45) is 0 Å². The minimum atomic E-state index is -0.442. The topological polar surface area (TPSA) is 19.1 Å². The Balaban J connectivity index is 1.03. The predicted octanol–water partition coefficient (Wildman–Crippen LogP) is 13.8. The molecule has 2 aromatic heterocycles. The Bertz CT molecular complexity index is 3980. The predicted molar refractivity (Wildman–Crippen MR) is 280 cm³/mol. The van der Waals surface area contributed by atoms with Crippen molar-refractivity contribution in [2.45, 2.75) is 57.8 Å². The normalized spacial score (nSPS) is 14.6. The molecule has 0 N–H and O–H groups in total. The third kappa shape index (κ3) is 4.59. The van der Waals surface area contributed by atoms with Gasteiger partial charge in [0.05, 0.1) is 22.0 Å². The van der Waals surface area contributed by atoms with Crippen LogP contribution in [0.3, 0.4) is 0 Å². The van der Waals surface area contributed by atoms with Crippen LogP contribution in [0.1, 0.15) is 74.9 Å². The zero-order valence-electron chi connectivity index (χ0n) is 38.6. The van der Waals surface area contributed by atoms with Crippen molar-refractivity contribution in [1.29, 1.82) is 0 Å². The number of fused-ring (bicyclic) bond motifs is 21. The van der Waals surface area contributed by atoms with Gasteiger partial charge in [-0.25, -0.2) is 0 Å². The quantitative estimate of drug-likeness (QED) is 0.151. The summed E-state index contributed by atoms with van der Waals surface area (Å²) in [6.45, 7) is 14.0. The maximum Gasteiger partial charge on any atom is 0.256 e. The maximum absolute atomic E-state index is 7.27. The first-order chi connectivity index (χ1) is 32.5. The van der Waals surface area contributed by atoms with Gasteiger partial charge in [-0.15, -0.1) is 0 Å². The molecule has 318 valence electrons. The molecule has 15 rings (SSSR count). The molecular formula is C63H47BN2O. The van der Waals surface area contributed by atoms with Gasteiger partial charge >= 0.3 is 0 Å². The van der Waals surface area contributed by atoms with Crippen molar-refractivity contribution in [3.63, 3.8) is 0 Å². The highest BCUT2D eigenvalue weighted by Gasteiger charge is 2.53. The molecule has 0 bridgehead atoms. The third-order valence-corrected chi connectivity index (χ3v) is 16.1. The Labute approximate surface area is 391 Å². The first-order valence-corrected chi connectivity index (χ1v) is 24.0.